The van der Waals surface area contributed by atoms with Gasteiger partial charge in [-0.25, -0.2) is 0 Å². The number of hydrogen-bond donors (Lipinski definition) is 2. The SMILES string of the molecule is CCN(CC)C(CNC(=O)C(=O)Nc1ccccc1C(=O)N(C)C)CC(C)C. The second-order valence-electron chi connectivity index (χ2n) is 7.41. The van der Waals surface area contributed by atoms with Crippen molar-refractivity contribution >= 4 is 23.4 Å². The lowest BCUT2D eigenvalue weighted by molar-refractivity contribution is -0.136. The second-order valence-corrected chi connectivity index (χ2v) is 7.41. The Morgan fingerprint density at radius 2 is 1.61 bits per heavy atom. The van der Waals surface area contributed by atoms with Crippen LogP contribution in [0.2, 0.25) is 0 Å². The molecule has 1 aromatic rings. The lowest BCUT2D eigenvalue weighted by Gasteiger charge is -2.31. The average molecular weight is 391 g/mol. The van der Waals surface area contributed by atoms with E-state index in [4.69, 9.17) is 0 Å². The predicted octanol–water partition coefficient (Wildman–Crippen LogP) is 2.20. The van der Waals surface area contributed by atoms with E-state index in [0.29, 0.717) is 23.7 Å². The highest BCUT2D eigenvalue weighted by Gasteiger charge is 2.22. The third kappa shape index (κ3) is 6.96. The average Bonchev–Trinajstić information content (AvgIpc) is 2.65. The molecule has 0 aliphatic rings. The molecule has 0 aliphatic heterocycles. The molecule has 0 bridgehead atoms. The maximum atomic E-state index is 12.3. The number of nitrogens with zero attached hydrogens (tertiary/aromatic N) is 2. The number of rotatable bonds is 9. The summed E-state index contributed by atoms with van der Waals surface area (Å²) < 4.78 is 0. The van der Waals surface area contributed by atoms with Crippen molar-refractivity contribution in [3.05, 3.63) is 29.8 Å². The van der Waals surface area contributed by atoms with Crippen LogP contribution in [0, 0.1) is 5.92 Å². The van der Waals surface area contributed by atoms with E-state index in [2.05, 4.69) is 43.2 Å². The minimum Gasteiger partial charge on any atom is -0.346 e. The van der Waals surface area contributed by atoms with E-state index in [-0.39, 0.29) is 11.9 Å². The minimum atomic E-state index is -0.776. The molecule has 1 unspecified atom stereocenters. The van der Waals surface area contributed by atoms with Crippen molar-refractivity contribution in [2.24, 2.45) is 5.92 Å². The fourth-order valence-corrected chi connectivity index (χ4v) is 3.14. The molecule has 1 atom stereocenters. The van der Waals surface area contributed by atoms with Gasteiger partial charge in [-0.3, -0.25) is 19.3 Å². The van der Waals surface area contributed by atoms with E-state index >= 15 is 0 Å². The van der Waals surface area contributed by atoms with Gasteiger partial charge in [-0.1, -0.05) is 39.8 Å². The standard InChI is InChI=1S/C21H34N4O3/c1-7-25(8-2)16(13-15(3)4)14-22-19(26)20(27)23-18-12-10-9-11-17(18)21(28)24(5)6/h9-12,15-16H,7-8,13-14H2,1-6H3,(H,22,26)(H,23,27). The number of hydrogen-bond acceptors (Lipinski definition) is 4. The molecule has 0 radical (unpaired) electrons. The molecule has 7 nitrogen and oxygen atoms in total. The molecule has 2 N–H and O–H groups in total. The van der Waals surface area contributed by atoms with Crippen LogP contribution in [-0.2, 0) is 9.59 Å². The molecule has 156 valence electrons. The van der Waals surface area contributed by atoms with Crippen LogP contribution in [-0.4, -0.2) is 67.3 Å². The van der Waals surface area contributed by atoms with Gasteiger partial charge in [0.15, 0.2) is 0 Å². The van der Waals surface area contributed by atoms with Gasteiger partial charge in [0.1, 0.15) is 0 Å². The number of carbonyl (C=O) groups is 3. The molecule has 28 heavy (non-hydrogen) atoms. The van der Waals surface area contributed by atoms with Gasteiger partial charge < -0.3 is 15.5 Å². The summed E-state index contributed by atoms with van der Waals surface area (Å²) in [6.45, 7) is 10.6. The molecule has 0 aromatic heterocycles. The summed E-state index contributed by atoms with van der Waals surface area (Å²) in [5.74, 6) is -1.23. The number of benzene rings is 1. The highest BCUT2D eigenvalue weighted by atomic mass is 16.2. The zero-order chi connectivity index (χ0) is 21.3. The summed E-state index contributed by atoms with van der Waals surface area (Å²) in [5.41, 5.74) is 0.665. The fraction of sp³-hybridized carbons (Fsp3) is 0.571. The first kappa shape index (κ1) is 23.6. The quantitative estimate of drug-likeness (QED) is 0.634. The van der Waals surface area contributed by atoms with Crippen molar-refractivity contribution in [1.82, 2.24) is 15.1 Å². The van der Waals surface area contributed by atoms with Gasteiger partial charge in [-0.15, -0.1) is 0 Å². The van der Waals surface area contributed by atoms with Crippen LogP contribution in [0.25, 0.3) is 0 Å². The Kier molecular flexibility index (Phi) is 9.65. The second kappa shape index (κ2) is 11.4. The monoisotopic (exact) mass is 390 g/mol. The van der Waals surface area contributed by atoms with Crippen molar-refractivity contribution in [3.8, 4) is 0 Å². The van der Waals surface area contributed by atoms with E-state index in [1.165, 1.54) is 4.90 Å². The van der Waals surface area contributed by atoms with Crippen LogP contribution < -0.4 is 10.6 Å². The molecule has 0 saturated heterocycles. The first-order chi connectivity index (χ1) is 13.2. The van der Waals surface area contributed by atoms with Gasteiger partial charge in [0.25, 0.3) is 5.91 Å². The molecule has 1 rings (SSSR count). The number of likely N-dealkylation sites (N-methyl/N-ethyl adjacent to an activating group) is 1. The molecule has 0 aliphatic carbocycles. The Balaban J connectivity index is 2.78. The first-order valence-electron chi connectivity index (χ1n) is 9.85. The van der Waals surface area contributed by atoms with Crippen molar-refractivity contribution in [2.45, 2.75) is 40.2 Å². The Labute approximate surface area is 168 Å². The molecule has 3 amide bonds. The summed E-state index contributed by atoms with van der Waals surface area (Å²) >= 11 is 0. The summed E-state index contributed by atoms with van der Waals surface area (Å²) in [5, 5.41) is 5.30. The minimum absolute atomic E-state index is 0.175. The van der Waals surface area contributed by atoms with Crippen molar-refractivity contribution in [3.63, 3.8) is 0 Å². The number of amides is 3. The normalized spacial score (nSPS) is 12.0. The van der Waals surface area contributed by atoms with Crippen LogP contribution in [0.5, 0.6) is 0 Å². The van der Waals surface area contributed by atoms with Crippen molar-refractivity contribution < 1.29 is 14.4 Å². The molecule has 1 aromatic carbocycles. The zero-order valence-corrected chi connectivity index (χ0v) is 17.9. The summed E-state index contributed by atoms with van der Waals surface area (Å²) in [7, 11) is 3.27. The first-order valence-corrected chi connectivity index (χ1v) is 9.85. The lowest BCUT2D eigenvalue weighted by atomic mass is 10.0. The lowest BCUT2D eigenvalue weighted by Crippen LogP contribution is -2.47. The van der Waals surface area contributed by atoms with E-state index in [1.807, 2.05) is 0 Å². The molecular formula is C21H34N4O3. The van der Waals surface area contributed by atoms with Crippen molar-refractivity contribution in [2.75, 3.05) is 39.0 Å². The van der Waals surface area contributed by atoms with Gasteiger partial charge in [-0.05, 0) is 37.6 Å². The van der Waals surface area contributed by atoms with Gasteiger partial charge in [0.05, 0.1) is 11.3 Å². The number of carbonyl (C=O) groups excluding carboxylic acids is 3. The Hall–Kier alpha value is -2.41. The van der Waals surface area contributed by atoms with Crippen LogP contribution in [0.15, 0.2) is 24.3 Å². The highest BCUT2D eigenvalue weighted by molar-refractivity contribution is 6.40. The van der Waals surface area contributed by atoms with Crippen LogP contribution in [0.4, 0.5) is 5.69 Å². The number of para-hydroxylation sites is 1. The zero-order valence-electron chi connectivity index (χ0n) is 17.9. The Morgan fingerprint density at radius 3 is 2.14 bits per heavy atom. The van der Waals surface area contributed by atoms with Gasteiger partial charge >= 0.3 is 11.8 Å². The third-order valence-corrected chi connectivity index (χ3v) is 4.59. The fourth-order valence-electron chi connectivity index (χ4n) is 3.14. The van der Waals surface area contributed by atoms with E-state index in [1.54, 1.807) is 38.4 Å². The number of nitrogens with one attached hydrogen (secondary N) is 2. The maximum absolute atomic E-state index is 12.3. The van der Waals surface area contributed by atoms with Crippen LogP contribution in [0.3, 0.4) is 0 Å². The molecule has 0 spiro atoms. The van der Waals surface area contributed by atoms with Gasteiger partial charge in [0.2, 0.25) is 0 Å². The van der Waals surface area contributed by atoms with Crippen LogP contribution >= 0.6 is 0 Å². The number of anilines is 1. The molecule has 7 heteroatoms. The highest BCUT2D eigenvalue weighted by Crippen LogP contribution is 2.16. The topological polar surface area (TPSA) is 81.8 Å². The van der Waals surface area contributed by atoms with Crippen LogP contribution in [0.1, 0.15) is 44.5 Å². The van der Waals surface area contributed by atoms with E-state index in [9.17, 15) is 14.4 Å². The third-order valence-electron chi connectivity index (χ3n) is 4.59. The van der Waals surface area contributed by atoms with E-state index < -0.39 is 11.8 Å². The van der Waals surface area contributed by atoms with Gasteiger partial charge in [-0.2, -0.15) is 0 Å². The largest absolute Gasteiger partial charge is 0.346 e. The smallest absolute Gasteiger partial charge is 0.313 e. The molecular weight excluding hydrogens is 356 g/mol. The predicted molar refractivity (Wildman–Crippen MR) is 112 cm³/mol. The summed E-state index contributed by atoms with van der Waals surface area (Å²) in [6.07, 6.45) is 0.934. The Bertz CT molecular complexity index is 669. The van der Waals surface area contributed by atoms with Gasteiger partial charge in [0, 0.05) is 26.7 Å². The maximum Gasteiger partial charge on any atom is 0.313 e. The molecule has 0 saturated carbocycles. The van der Waals surface area contributed by atoms with Crippen molar-refractivity contribution in [1.29, 1.82) is 0 Å². The van der Waals surface area contributed by atoms with E-state index in [0.717, 1.165) is 19.5 Å². The summed E-state index contributed by atoms with van der Waals surface area (Å²) in [4.78, 5) is 40.6. The summed E-state index contributed by atoms with van der Waals surface area (Å²) in [6, 6.07) is 6.83. The molecule has 0 heterocycles. The Morgan fingerprint density at radius 1 is 1.00 bits per heavy atom. The molecule has 0 fully saturated rings.